The predicted molar refractivity (Wildman–Crippen MR) is 256 cm³/mol. The SMILES string of the molecule is Cc1cc(C)cc(-c2ccc3c4ccc(-c5cc(C)cc(C)c5)cc4n(-c4cc(-c5cc(C(F)(F)F)cc(C(F)(F)F)c5)ccc4-c4nc(-c5ccccc5)nc(-c5ccccc5)n4)c3c2)c1. The maximum absolute atomic E-state index is 14.4. The Bertz CT molecular complexity index is 3300. The number of alkyl halides is 6. The van der Waals surface area contributed by atoms with E-state index in [0.29, 0.717) is 22.9 Å². The minimum atomic E-state index is -5.05. The van der Waals surface area contributed by atoms with E-state index in [0.717, 1.165) is 89.6 Å². The van der Waals surface area contributed by atoms with Crippen molar-refractivity contribution in [2.75, 3.05) is 0 Å². The van der Waals surface area contributed by atoms with E-state index in [2.05, 4.69) is 72.8 Å². The molecule has 330 valence electrons. The van der Waals surface area contributed by atoms with Crippen LogP contribution in [0.25, 0.3) is 95.0 Å². The Morgan fingerprint density at radius 3 is 1.16 bits per heavy atom. The Morgan fingerprint density at radius 1 is 0.343 bits per heavy atom. The van der Waals surface area contributed by atoms with Crippen molar-refractivity contribution in [2.24, 2.45) is 0 Å². The second-order valence-electron chi connectivity index (χ2n) is 17.1. The van der Waals surface area contributed by atoms with Crippen LogP contribution in [0.1, 0.15) is 33.4 Å². The molecule has 8 aromatic carbocycles. The molecule has 0 radical (unpaired) electrons. The van der Waals surface area contributed by atoms with Gasteiger partial charge in [-0.2, -0.15) is 26.3 Å². The zero-order valence-corrected chi connectivity index (χ0v) is 36.7. The fraction of sp³-hybridized carbons (Fsp3) is 0.105. The third kappa shape index (κ3) is 8.47. The monoisotopic (exact) mass is 894 g/mol. The second-order valence-corrected chi connectivity index (χ2v) is 17.1. The van der Waals surface area contributed by atoms with Crippen molar-refractivity contribution < 1.29 is 26.3 Å². The molecule has 0 aliphatic carbocycles. The second kappa shape index (κ2) is 16.5. The van der Waals surface area contributed by atoms with Gasteiger partial charge in [0.2, 0.25) is 0 Å². The quantitative estimate of drug-likeness (QED) is 0.150. The molecule has 0 aliphatic rings. The summed E-state index contributed by atoms with van der Waals surface area (Å²) in [6, 6.07) is 50.4. The van der Waals surface area contributed by atoms with E-state index in [4.69, 9.17) is 15.0 Å². The smallest absolute Gasteiger partial charge is 0.308 e. The van der Waals surface area contributed by atoms with E-state index in [1.54, 1.807) is 12.1 Å². The van der Waals surface area contributed by atoms with Gasteiger partial charge < -0.3 is 4.57 Å². The molecule has 0 atom stereocenters. The van der Waals surface area contributed by atoms with Gasteiger partial charge in [0.1, 0.15) is 0 Å². The summed E-state index contributed by atoms with van der Waals surface area (Å²) in [5.74, 6) is 1.01. The molecule has 0 saturated carbocycles. The molecule has 0 fully saturated rings. The molecule has 4 nitrogen and oxygen atoms in total. The Morgan fingerprint density at radius 2 is 0.731 bits per heavy atom. The highest BCUT2D eigenvalue weighted by Gasteiger charge is 2.37. The lowest BCUT2D eigenvalue weighted by molar-refractivity contribution is -0.143. The summed E-state index contributed by atoms with van der Waals surface area (Å²) in [4.78, 5) is 15.0. The van der Waals surface area contributed by atoms with E-state index in [9.17, 15) is 26.3 Å². The molecule has 0 unspecified atom stereocenters. The topological polar surface area (TPSA) is 43.6 Å². The minimum Gasteiger partial charge on any atom is -0.308 e. The molecule has 0 spiro atoms. The maximum atomic E-state index is 14.4. The van der Waals surface area contributed by atoms with Crippen molar-refractivity contribution in [3.8, 4) is 73.2 Å². The highest BCUT2D eigenvalue weighted by atomic mass is 19.4. The number of nitrogens with zero attached hydrogens (tertiary/aromatic N) is 4. The minimum absolute atomic E-state index is 0.127. The molecule has 10 rings (SSSR count). The molecule has 0 N–H and O–H groups in total. The average molecular weight is 895 g/mol. The highest BCUT2D eigenvalue weighted by Crippen LogP contribution is 2.43. The van der Waals surface area contributed by atoms with E-state index in [1.807, 2.05) is 92.9 Å². The van der Waals surface area contributed by atoms with Crippen LogP contribution >= 0.6 is 0 Å². The lowest BCUT2D eigenvalue weighted by atomic mass is 9.96. The maximum Gasteiger partial charge on any atom is 0.416 e. The summed E-state index contributed by atoms with van der Waals surface area (Å²) in [6.45, 7) is 8.16. The fourth-order valence-corrected chi connectivity index (χ4v) is 9.06. The first-order valence-corrected chi connectivity index (χ1v) is 21.6. The van der Waals surface area contributed by atoms with Crippen molar-refractivity contribution in [3.63, 3.8) is 0 Å². The van der Waals surface area contributed by atoms with Crippen LogP contribution in [-0.2, 0) is 12.4 Å². The van der Waals surface area contributed by atoms with Crippen LogP contribution in [0.2, 0.25) is 0 Å². The summed E-state index contributed by atoms with van der Waals surface area (Å²) in [5.41, 5.74) is 9.05. The first-order valence-electron chi connectivity index (χ1n) is 21.6. The fourth-order valence-electron chi connectivity index (χ4n) is 9.06. The molecule has 10 heteroatoms. The Kier molecular flexibility index (Phi) is 10.6. The number of halogens is 6. The lowest BCUT2D eigenvalue weighted by Crippen LogP contribution is -2.11. The van der Waals surface area contributed by atoms with Crippen molar-refractivity contribution in [2.45, 2.75) is 40.0 Å². The van der Waals surface area contributed by atoms with Crippen LogP contribution in [0.3, 0.4) is 0 Å². The molecule has 67 heavy (non-hydrogen) atoms. The lowest BCUT2D eigenvalue weighted by Gasteiger charge is -2.18. The molecule has 0 aliphatic heterocycles. The predicted octanol–water partition coefficient (Wildman–Crippen LogP) is 16.2. The molecule has 0 bridgehead atoms. The molecule has 10 aromatic rings. The molecular formula is C57H40F6N4. The number of rotatable bonds is 7. The standard InChI is InChI=1S/C57H40F6N4/c1-33-21-34(2)24-42(23-33)39-15-18-47-48-19-16-40(43-25-35(3)22-36(4)26-43)30-51(48)67(50(47)29-39)52-31-41(44-27-45(56(58,59)60)32-46(28-44)57(61,62)63)17-20-49(52)55-65-53(37-11-7-5-8-12-37)64-54(66-55)38-13-9-6-10-14-38/h5-32H,1-4H3. The van der Waals surface area contributed by atoms with E-state index in [-0.39, 0.29) is 23.0 Å². The summed E-state index contributed by atoms with van der Waals surface area (Å²) < 4.78 is 88.5. The van der Waals surface area contributed by atoms with Gasteiger partial charge in [0, 0.05) is 27.5 Å². The van der Waals surface area contributed by atoms with Gasteiger partial charge in [-0.25, -0.2) is 15.0 Å². The van der Waals surface area contributed by atoms with E-state index < -0.39 is 23.5 Å². The van der Waals surface area contributed by atoms with Crippen LogP contribution in [0, 0.1) is 27.7 Å². The van der Waals surface area contributed by atoms with Crippen LogP contribution in [0.15, 0.2) is 170 Å². The zero-order valence-electron chi connectivity index (χ0n) is 36.7. The van der Waals surface area contributed by atoms with Gasteiger partial charge in [0.15, 0.2) is 17.5 Å². The Hall–Kier alpha value is -7.85. The first kappa shape index (κ1) is 43.1. The molecular weight excluding hydrogens is 855 g/mol. The number of hydrogen-bond acceptors (Lipinski definition) is 3. The van der Waals surface area contributed by atoms with Crippen molar-refractivity contribution in [1.82, 2.24) is 19.5 Å². The first-order chi connectivity index (χ1) is 32.1. The molecule has 2 heterocycles. The Labute approximate surface area is 382 Å². The average Bonchev–Trinajstić information content (AvgIpc) is 3.63. The normalized spacial score (nSPS) is 12.0. The van der Waals surface area contributed by atoms with Gasteiger partial charge in [-0.05, 0) is 104 Å². The zero-order chi connectivity index (χ0) is 46.8. The molecule has 0 saturated heterocycles. The summed E-state index contributed by atoms with van der Waals surface area (Å²) in [7, 11) is 0. The third-order valence-corrected chi connectivity index (χ3v) is 12.0. The number of benzene rings is 8. The largest absolute Gasteiger partial charge is 0.416 e. The van der Waals surface area contributed by atoms with Crippen molar-refractivity contribution in [3.05, 3.63) is 203 Å². The van der Waals surface area contributed by atoms with Crippen molar-refractivity contribution in [1.29, 1.82) is 0 Å². The molecule has 0 amide bonds. The third-order valence-electron chi connectivity index (χ3n) is 12.0. The van der Waals surface area contributed by atoms with Crippen LogP contribution in [0.4, 0.5) is 26.3 Å². The van der Waals surface area contributed by atoms with Crippen LogP contribution in [-0.4, -0.2) is 19.5 Å². The number of aryl methyl sites for hydroxylation is 4. The van der Waals surface area contributed by atoms with E-state index >= 15 is 0 Å². The van der Waals surface area contributed by atoms with Gasteiger partial charge in [-0.1, -0.05) is 150 Å². The summed E-state index contributed by atoms with van der Waals surface area (Å²) in [6.07, 6.45) is -10.1. The Balaban J connectivity index is 1.34. The van der Waals surface area contributed by atoms with Gasteiger partial charge in [0.25, 0.3) is 0 Å². The molecule has 2 aromatic heterocycles. The number of fused-ring (bicyclic) bond motifs is 3. The van der Waals surface area contributed by atoms with Gasteiger partial charge >= 0.3 is 12.4 Å². The summed E-state index contributed by atoms with van der Waals surface area (Å²) >= 11 is 0. The van der Waals surface area contributed by atoms with E-state index in [1.165, 1.54) is 6.07 Å². The van der Waals surface area contributed by atoms with Gasteiger partial charge in [-0.3, -0.25) is 0 Å². The highest BCUT2D eigenvalue weighted by molar-refractivity contribution is 6.11. The number of hydrogen-bond donors (Lipinski definition) is 0. The van der Waals surface area contributed by atoms with Crippen molar-refractivity contribution >= 4 is 21.8 Å². The van der Waals surface area contributed by atoms with Gasteiger partial charge in [-0.15, -0.1) is 0 Å². The van der Waals surface area contributed by atoms with Gasteiger partial charge in [0.05, 0.1) is 27.8 Å². The number of aromatic nitrogens is 4. The van der Waals surface area contributed by atoms with Crippen LogP contribution < -0.4 is 0 Å². The van der Waals surface area contributed by atoms with Crippen LogP contribution in [0.5, 0.6) is 0 Å². The summed E-state index contributed by atoms with van der Waals surface area (Å²) in [5, 5.41) is 1.77.